The van der Waals surface area contributed by atoms with Crippen molar-refractivity contribution in [1.29, 1.82) is 0 Å². The molecule has 1 atom stereocenters. The molecule has 6 nitrogen and oxygen atoms in total. The Morgan fingerprint density at radius 3 is 2.37 bits per heavy atom. The van der Waals surface area contributed by atoms with E-state index in [0.29, 0.717) is 38.2 Å². The molecule has 2 heterocycles. The number of pyridine rings is 1. The molecule has 1 unspecified atom stereocenters. The highest BCUT2D eigenvalue weighted by molar-refractivity contribution is 6.31. The predicted octanol–water partition coefficient (Wildman–Crippen LogP) is 7.88. The summed E-state index contributed by atoms with van der Waals surface area (Å²) in [6.45, 7) is 0. The van der Waals surface area contributed by atoms with Crippen molar-refractivity contribution < 1.29 is 9.90 Å². The molecule has 6 rings (SSSR count). The fraction of sp³-hybridized carbons (Fsp3) is 0.0571. The topological polar surface area (TPSA) is 80.0 Å². The van der Waals surface area contributed by atoms with Crippen LogP contribution >= 0.6 is 23.2 Å². The van der Waals surface area contributed by atoms with Gasteiger partial charge >= 0.3 is 0 Å². The van der Waals surface area contributed by atoms with Crippen molar-refractivity contribution in [3.05, 3.63) is 154 Å². The fourth-order valence-electron chi connectivity index (χ4n) is 5.17. The van der Waals surface area contributed by atoms with Crippen molar-refractivity contribution in [3.63, 3.8) is 0 Å². The number of aryl methyl sites for hydroxylation is 1. The number of rotatable bonds is 7. The van der Waals surface area contributed by atoms with Crippen molar-refractivity contribution in [2.75, 3.05) is 5.32 Å². The molecule has 0 aliphatic heterocycles. The molecule has 2 aromatic heterocycles. The number of carbonyl (C=O) groups is 1. The van der Waals surface area contributed by atoms with Crippen LogP contribution in [0.1, 0.15) is 22.4 Å². The molecule has 0 aliphatic rings. The van der Waals surface area contributed by atoms with E-state index < -0.39 is 5.60 Å². The number of anilines is 1. The van der Waals surface area contributed by atoms with Crippen LogP contribution in [-0.2, 0) is 17.4 Å². The number of aromatic nitrogens is 3. The molecule has 1 amide bonds. The van der Waals surface area contributed by atoms with Gasteiger partial charge in [-0.05, 0) is 76.4 Å². The zero-order valence-corrected chi connectivity index (χ0v) is 24.6. The van der Waals surface area contributed by atoms with Gasteiger partial charge in [0, 0.05) is 28.6 Å². The van der Waals surface area contributed by atoms with Crippen molar-refractivity contribution in [2.45, 2.75) is 5.60 Å². The second kappa shape index (κ2) is 11.9. The average molecular weight is 606 g/mol. The van der Waals surface area contributed by atoms with Gasteiger partial charge in [0.15, 0.2) is 5.60 Å². The van der Waals surface area contributed by atoms with Gasteiger partial charge in [0.1, 0.15) is 5.82 Å². The summed E-state index contributed by atoms with van der Waals surface area (Å²) in [5.41, 5.74) is 3.45. The summed E-state index contributed by atoms with van der Waals surface area (Å²) in [6.07, 6.45) is 6.52. The maximum atomic E-state index is 12.8. The Bertz CT molecular complexity index is 1970. The van der Waals surface area contributed by atoms with Gasteiger partial charge in [-0.3, -0.25) is 4.79 Å². The second-order valence-corrected chi connectivity index (χ2v) is 11.0. The minimum Gasteiger partial charge on any atom is -0.374 e. The van der Waals surface area contributed by atoms with E-state index in [-0.39, 0.29) is 5.91 Å². The number of benzene rings is 4. The zero-order valence-electron chi connectivity index (χ0n) is 23.1. The minimum atomic E-state index is -1.55. The molecule has 6 aromatic rings. The van der Waals surface area contributed by atoms with E-state index in [9.17, 15) is 9.90 Å². The summed E-state index contributed by atoms with van der Waals surface area (Å²) < 4.78 is 1.79. The normalized spacial score (nSPS) is 12.8. The molecular weight excluding hydrogens is 579 g/mol. The first-order valence-electron chi connectivity index (χ1n) is 13.5. The summed E-state index contributed by atoms with van der Waals surface area (Å²) in [4.78, 5) is 21.9. The maximum absolute atomic E-state index is 12.8. The Labute approximate surface area is 258 Å². The predicted molar refractivity (Wildman–Crippen MR) is 173 cm³/mol. The SMILES string of the molecule is Cn1cncc1C(O)(c1ccc(Cl)cc1)c1ccc2nc(NC(=O)C=Cc3ccccc3)cc(-c3cccc(Cl)c3)c2c1. The van der Waals surface area contributed by atoms with Crippen LogP contribution in [0, 0.1) is 0 Å². The van der Waals surface area contributed by atoms with E-state index in [1.165, 1.54) is 6.08 Å². The second-order valence-electron chi connectivity index (χ2n) is 10.1. The molecule has 0 aliphatic carbocycles. The first-order valence-corrected chi connectivity index (χ1v) is 14.3. The third kappa shape index (κ3) is 5.81. The minimum absolute atomic E-state index is 0.308. The molecule has 0 radical (unpaired) electrons. The summed E-state index contributed by atoms with van der Waals surface area (Å²) in [6, 6.07) is 31.6. The molecule has 0 saturated carbocycles. The van der Waals surface area contributed by atoms with Gasteiger partial charge < -0.3 is 15.0 Å². The largest absolute Gasteiger partial charge is 0.374 e. The van der Waals surface area contributed by atoms with Gasteiger partial charge in [0.25, 0.3) is 0 Å². The molecule has 2 N–H and O–H groups in total. The standard InChI is InChI=1S/C35H26Cl2N4O2/c1-41-22-38-21-32(41)35(43,25-11-14-27(36)15-12-25)26-13-16-31-30(19-26)29(24-8-5-9-28(37)18-24)20-33(39-31)40-34(42)17-10-23-6-3-2-4-7-23/h2-22,43H,1H3,(H,39,40,42). The number of hydrogen-bond donors (Lipinski definition) is 2. The number of fused-ring (bicyclic) bond motifs is 1. The molecule has 0 fully saturated rings. The van der Waals surface area contributed by atoms with E-state index in [2.05, 4.69) is 10.3 Å². The Hall–Kier alpha value is -4.75. The van der Waals surface area contributed by atoms with Crippen LogP contribution in [0.4, 0.5) is 5.82 Å². The molecule has 0 bridgehead atoms. The van der Waals surface area contributed by atoms with Crippen molar-refractivity contribution >= 4 is 51.9 Å². The molecule has 212 valence electrons. The highest BCUT2D eigenvalue weighted by Crippen LogP contribution is 2.40. The fourth-order valence-corrected chi connectivity index (χ4v) is 5.49. The van der Waals surface area contributed by atoms with Crippen LogP contribution in [0.15, 0.2) is 122 Å². The molecule has 0 saturated heterocycles. The van der Waals surface area contributed by atoms with Gasteiger partial charge in [-0.2, -0.15) is 0 Å². The van der Waals surface area contributed by atoms with Crippen LogP contribution in [-0.4, -0.2) is 25.5 Å². The summed E-state index contributed by atoms with van der Waals surface area (Å²) in [7, 11) is 1.84. The smallest absolute Gasteiger partial charge is 0.249 e. The van der Waals surface area contributed by atoms with E-state index in [4.69, 9.17) is 28.2 Å². The Morgan fingerprint density at radius 1 is 0.884 bits per heavy atom. The quantitative estimate of drug-likeness (QED) is 0.182. The van der Waals surface area contributed by atoms with Gasteiger partial charge in [-0.15, -0.1) is 0 Å². The number of imidazole rings is 1. The average Bonchev–Trinajstić information content (AvgIpc) is 3.46. The maximum Gasteiger partial charge on any atom is 0.249 e. The Balaban J connectivity index is 1.49. The number of nitrogens with zero attached hydrogens (tertiary/aromatic N) is 3. The van der Waals surface area contributed by atoms with Crippen LogP contribution < -0.4 is 5.32 Å². The molecule has 0 spiro atoms. The Kier molecular flexibility index (Phi) is 7.82. The van der Waals surface area contributed by atoms with E-state index in [0.717, 1.165) is 22.1 Å². The lowest BCUT2D eigenvalue weighted by Crippen LogP contribution is -2.31. The number of amides is 1. The van der Waals surface area contributed by atoms with Crippen molar-refractivity contribution in [3.8, 4) is 11.1 Å². The number of hydrogen-bond acceptors (Lipinski definition) is 4. The lowest BCUT2D eigenvalue weighted by Gasteiger charge is -2.30. The number of aliphatic hydroxyl groups is 1. The van der Waals surface area contributed by atoms with Crippen molar-refractivity contribution in [2.24, 2.45) is 7.05 Å². The molecule has 43 heavy (non-hydrogen) atoms. The lowest BCUT2D eigenvalue weighted by atomic mass is 9.82. The van der Waals surface area contributed by atoms with Crippen molar-refractivity contribution in [1.82, 2.24) is 14.5 Å². The monoisotopic (exact) mass is 604 g/mol. The lowest BCUT2D eigenvalue weighted by molar-refractivity contribution is -0.111. The number of carbonyl (C=O) groups excluding carboxylic acids is 1. The van der Waals surface area contributed by atoms with Crippen LogP contribution in [0.2, 0.25) is 10.0 Å². The van der Waals surface area contributed by atoms with E-state index >= 15 is 0 Å². The van der Waals surface area contributed by atoms with Crippen LogP contribution in [0.5, 0.6) is 0 Å². The van der Waals surface area contributed by atoms with Gasteiger partial charge in [-0.1, -0.05) is 83.9 Å². The third-order valence-electron chi connectivity index (χ3n) is 7.29. The zero-order chi connectivity index (χ0) is 30.0. The van der Waals surface area contributed by atoms with E-state index in [1.807, 2.05) is 79.8 Å². The summed E-state index contributed by atoms with van der Waals surface area (Å²) in [5.74, 6) is 0.0789. The Morgan fingerprint density at radius 2 is 1.65 bits per heavy atom. The first-order chi connectivity index (χ1) is 20.8. The van der Waals surface area contributed by atoms with E-state index in [1.54, 1.807) is 53.5 Å². The first kappa shape index (κ1) is 28.4. The van der Waals surface area contributed by atoms with Gasteiger partial charge in [0.2, 0.25) is 5.91 Å². The number of nitrogens with one attached hydrogen (secondary N) is 1. The molecular formula is C35H26Cl2N4O2. The van der Waals surface area contributed by atoms with Gasteiger partial charge in [0.05, 0.1) is 23.7 Å². The van der Waals surface area contributed by atoms with Crippen LogP contribution in [0.25, 0.3) is 28.1 Å². The highest BCUT2D eigenvalue weighted by atomic mass is 35.5. The summed E-state index contributed by atoms with van der Waals surface area (Å²) in [5, 5.41) is 17.3. The number of halogens is 2. The third-order valence-corrected chi connectivity index (χ3v) is 7.78. The molecule has 8 heteroatoms. The highest BCUT2D eigenvalue weighted by Gasteiger charge is 2.37. The molecule has 4 aromatic carbocycles. The van der Waals surface area contributed by atoms with Crippen LogP contribution in [0.3, 0.4) is 0 Å². The van der Waals surface area contributed by atoms with Gasteiger partial charge in [-0.25, -0.2) is 9.97 Å². The summed E-state index contributed by atoms with van der Waals surface area (Å²) >= 11 is 12.6.